The predicted octanol–water partition coefficient (Wildman–Crippen LogP) is 2.96. The average Bonchev–Trinajstić information content (AvgIpc) is 2.19. The first kappa shape index (κ1) is 11.3. The molecule has 0 spiro atoms. The fraction of sp³-hybridized carbons (Fsp3) is 0.538. The molecule has 14 heavy (non-hydrogen) atoms. The van der Waals surface area contributed by atoms with Gasteiger partial charge in [-0.2, -0.15) is 0 Å². The molecular weight excluding hydrogens is 170 g/mol. The van der Waals surface area contributed by atoms with Crippen molar-refractivity contribution >= 4 is 0 Å². The molecular formula is C13H21N. The average molecular weight is 191 g/mol. The summed E-state index contributed by atoms with van der Waals surface area (Å²) in [5.74, 6) is 0.614. The lowest BCUT2D eigenvalue weighted by atomic mass is 9.93. The van der Waals surface area contributed by atoms with E-state index in [4.69, 9.17) is 0 Å². The molecule has 1 rings (SSSR count). The number of likely N-dealkylation sites (N-methyl/N-ethyl adjacent to an activating group) is 1. The molecule has 1 unspecified atom stereocenters. The molecule has 1 N–H and O–H groups in total. The topological polar surface area (TPSA) is 12.0 Å². The van der Waals surface area contributed by atoms with Gasteiger partial charge in [-0.1, -0.05) is 44.5 Å². The summed E-state index contributed by atoms with van der Waals surface area (Å²) in [5.41, 5.74) is 3.02. The third kappa shape index (κ3) is 2.85. The maximum Gasteiger partial charge on any atom is 0.00145 e. The van der Waals surface area contributed by atoms with Gasteiger partial charge in [0.1, 0.15) is 0 Å². The molecule has 0 radical (unpaired) electrons. The van der Waals surface area contributed by atoms with Crippen LogP contribution in [-0.2, 0) is 6.42 Å². The van der Waals surface area contributed by atoms with Crippen LogP contribution in [-0.4, -0.2) is 13.6 Å². The minimum Gasteiger partial charge on any atom is -0.319 e. The normalized spacial score (nSPS) is 12.8. The van der Waals surface area contributed by atoms with Crippen LogP contribution in [0.4, 0.5) is 0 Å². The van der Waals surface area contributed by atoms with Crippen LogP contribution in [0.2, 0.25) is 0 Å². The molecule has 1 atom stereocenters. The van der Waals surface area contributed by atoms with E-state index < -0.39 is 0 Å². The van der Waals surface area contributed by atoms with Crippen molar-refractivity contribution in [3.63, 3.8) is 0 Å². The summed E-state index contributed by atoms with van der Waals surface area (Å²) in [5, 5.41) is 3.24. The van der Waals surface area contributed by atoms with Crippen molar-refractivity contribution in [3.05, 3.63) is 35.4 Å². The van der Waals surface area contributed by atoms with Crippen LogP contribution in [0, 0.1) is 0 Å². The maximum absolute atomic E-state index is 3.24. The van der Waals surface area contributed by atoms with Crippen molar-refractivity contribution in [3.8, 4) is 0 Å². The van der Waals surface area contributed by atoms with E-state index in [9.17, 15) is 0 Å². The SMILES string of the molecule is CCCc1ccccc1C(C)CNC. The number of nitrogens with one attached hydrogen (secondary N) is 1. The van der Waals surface area contributed by atoms with Crippen molar-refractivity contribution in [2.24, 2.45) is 0 Å². The van der Waals surface area contributed by atoms with Crippen molar-refractivity contribution in [1.29, 1.82) is 0 Å². The molecule has 1 nitrogen and oxygen atoms in total. The van der Waals surface area contributed by atoms with E-state index in [-0.39, 0.29) is 0 Å². The van der Waals surface area contributed by atoms with E-state index in [1.165, 1.54) is 24.0 Å². The van der Waals surface area contributed by atoms with Crippen LogP contribution < -0.4 is 5.32 Å². The van der Waals surface area contributed by atoms with Gasteiger partial charge in [-0.3, -0.25) is 0 Å². The Balaban J connectivity index is 2.82. The zero-order chi connectivity index (χ0) is 10.4. The van der Waals surface area contributed by atoms with Gasteiger partial charge in [-0.25, -0.2) is 0 Å². The molecule has 0 amide bonds. The molecule has 0 bridgehead atoms. The van der Waals surface area contributed by atoms with Gasteiger partial charge < -0.3 is 5.32 Å². The van der Waals surface area contributed by atoms with Crippen LogP contribution in [0.15, 0.2) is 24.3 Å². The Morgan fingerprint density at radius 2 is 2.00 bits per heavy atom. The highest BCUT2D eigenvalue weighted by Gasteiger charge is 2.07. The van der Waals surface area contributed by atoms with E-state index in [0.29, 0.717) is 5.92 Å². The highest BCUT2D eigenvalue weighted by Crippen LogP contribution is 2.20. The summed E-state index contributed by atoms with van der Waals surface area (Å²) >= 11 is 0. The fourth-order valence-electron chi connectivity index (χ4n) is 1.93. The second-order valence-corrected chi connectivity index (χ2v) is 3.91. The highest BCUT2D eigenvalue weighted by molar-refractivity contribution is 5.30. The minimum atomic E-state index is 0.614. The smallest absolute Gasteiger partial charge is 0.00145 e. The monoisotopic (exact) mass is 191 g/mol. The van der Waals surface area contributed by atoms with Crippen LogP contribution in [0.5, 0.6) is 0 Å². The quantitative estimate of drug-likeness (QED) is 0.754. The highest BCUT2D eigenvalue weighted by atomic mass is 14.8. The van der Waals surface area contributed by atoms with Gasteiger partial charge in [0.05, 0.1) is 0 Å². The zero-order valence-corrected chi connectivity index (χ0v) is 9.51. The predicted molar refractivity (Wildman–Crippen MR) is 62.8 cm³/mol. The first-order valence-electron chi connectivity index (χ1n) is 5.52. The standard InChI is InChI=1S/C13H21N/c1-4-7-12-8-5-6-9-13(12)11(2)10-14-3/h5-6,8-9,11,14H,4,7,10H2,1-3H3. The van der Waals surface area contributed by atoms with Crippen LogP contribution in [0.1, 0.15) is 37.3 Å². The zero-order valence-electron chi connectivity index (χ0n) is 9.51. The number of hydrogen-bond donors (Lipinski definition) is 1. The Bertz CT molecular complexity index is 268. The van der Waals surface area contributed by atoms with Crippen LogP contribution in [0.25, 0.3) is 0 Å². The lowest BCUT2D eigenvalue weighted by Gasteiger charge is -2.15. The molecule has 0 aliphatic heterocycles. The summed E-state index contributed by atoms with van der Waals surface area (Å²) in [7, 11) is 2.01. The van der Waals surface area contributed by atoms with Crippen molar-refractivity contribution in [1.82, 2.24) is 5.32 Å². The molecule has 1 heteroatoms. The molecule has 0 aliphatic carbocycles. The van der Waals surface area contributed by atoms with E-state index >= 15 is 0 Å². The molecule has 1 aromatic carbocycles. The summed E-state index contributed by atoms with van der Waals surface area (Å²) in [4.78, 5) is 0. The third-order valence-electron chi connectivity index (χ3n) is 2.62. The van der Waals surface area contributed by atoms with Gasteiger partial charge in [-0.15, -0.1) is 0 Å². The van der Waals surface area contributed by atoms with E-state index in [1.54, 1.807) is 0 Å². The summed E-state index contributed by atoms with van der Waals surface area (Å²) < 4.78 is 0. The van der Waals surface area contributed by atoms with Crippen molar-refractivity contribution in [2.75, 3.05) is 13.6 Å². The number of hydrogen-bond acceptors (Lipinski definition) is 1. The van der Waals surface area contributed by atoms with Gasteiger partial charge in [0.25, 0.3) is 0 Å². The minimum absolute atomic E-state index is 0.614. The van der Waals surface area contributed by atoms with Gasteiger partial charge in [-0.05, 0) is 30.5 Å². The van der Waals surface area contributed by atoms with Gasteiger partial charge in [0, 0.05) is 6.54 Å². The largest absolute Gasteiger partial charge is 0.319 e. The Labute approximate surface area is 87.5 Å². The van der Waals surface area contributed by atoms with E-state index in [0.717, 1.165) is 6.54 Å². The summed E-state index contributed by atoms with van der Waals surface area (Å²) in [6.07, 6.45) is 2.42. The number of aryl methyl sites for hydroxylation is 1. The lowest BCUT2D eigenvalue weighted by Crippen LogP contribution is -2.15. The Kier molecular flexibility index (Phi) is 4.68. The Morgan fingerprint density at radius 1 is 1.29 bits per heavy atom. The summed E-state index contributed by atoms with van der Waals surface area (Å²) in [6, 6.07) is 8.79. The molecule has 0 heterocycles. The molecule has 0 saturated heterocycles. The molecule has 0 fully saturated rings. The van der Waals surface area contributed by atoms with Gasteiger partial charge >= 0.3 is 0 Å². The summed E-state index contributed by atoms with van der Waals surface area (Å²) in [6.45, 7) is 5.57. The molecule has 1 aromatic rings. The molecule has 78 valence electrons. The number of rotatable bonds is 5. The lowest BCUT2D eigenvalue weighted by molar-refractivity contribution is 0.669. The van der Waals surface area contributed by atoms with Gasteiger partial charge in [0.15, 0.2) is 0 Å². The second kappa shape index (κ2) is 5.82. The molecule has 0 saturated carbocycles. The third-order valence-corrected chi connectivity index (χ3v) is 2.62. The fourth-order valence-corrected chi connectivity index (χ4v) is 1.93. The van der Waals surface area contributed by atoms with Crippen LogP contribution >= 0.6 is 0 Å². The van der Waals surface area contributed by atoms with E-state index in [2.05, 4.69) is 43.4 Å². The first-order valence-corrected chi connectivity index (χ1v) is 5.52. The maximum atomic E-state index is 3.24. The Hall–Kier alpha value is -0.820. The van der Waals surface area contributed by atoms with E-state index in [1.807, 2.05) is 7.05 Å². The molecule has 0 aliphatic rings. The molecule has 0 aromatic heterocycles. The van der Waals surface area contributed by atoms with Crippen LogP contribution in [0.3, 0.4) is 0 Å². The van der Waals surface area contributed by atoms with Crippen molar-refractivity contribution in [2.45, 2.75) is 32.6 Å². The number of benzene rings is 1. The van der Waals surface area contributed by atoms with Crippen molar-refractivity contribution < 1.29 is 0 Å². The first-order chi connectivity index (χ1) is 6.79. The second-order valence-electron chi connectivity index (χ2n) is 3.91. The Morgan fingerprint density at radius 3 is 2.64 bits per heavy atom. The van der Waals surface area contributed by atoms with Gasteiger partial charge in [0.2, 0.25) is 0 Å².